The van der Waals surface area contributed by atoms with Gasteiger partial charge in [0.25, 0.3) is 0 Å². The number of ether oxygens (including phenoxy) is 1. The van der Waals surface area contributed by atoms with Crippen LogP contribution in [0.5, 0.6) is 0 Å². The molecule has 162 valence electrons. The number of hydrogen-bond donors (Lipinski definition) is 0. The minimum atomic E-state index is -1.03. The number of hydrogen-bond acceptors (Lipinski definition) is 4. The number of carboxylic acid groups (broad SMARTS) is 1. The van der Waals surface area contributed by atoms with Crippen molar-refractivity contribution in [2.75, 3.05) is 59.0 Å². The van der Waals surface area contributed by atoms with Crippen LogP contribution in [0.25, 0.3) is 0 Å². The van der Waals surface area contributed by atoms with Gasteiger partial charge in [0.2, 0.25) is 0 Å². The molecule has 0 spiro atoms. The van der Waals surface area contributed by atoms with Crippen LogP contribution in [0.2, 0.25) is 0 Å². The first kappa shape index (κ1) is 30.6. The normalized spacial score (nSPS) is 15.1. The minimum Gasteiger partial charge on any atom is -0.550 e. The maximum Gasteiger partial charge on any atom is 0.0861 e. The highest BCUT2D eigenvalue weighted by Gasteiger charge is 2.21. The van der Waals surface area contributed by atoms with Gasteiger partial charge in [-0.05, 0) is 55.4 Å². The van der Waals surface area contributed by atoms with Crippen molar-refractivity contribution >= 4 is 5.97 Å². The molecular weight excluding hydrogens is 342 g/mol. The highest BCUT2D eigenvalue weighted by atomic mass is 16.6. The second kappa shape index (κ2) is 18.2. The Bertz CT molecular complexity index is 306. The van der Waals surface area contributed by atoms with Crippen LogP contribution in [0, 0.1) is 11.8 Å². The molecule has 1 atom stereocenters. The molecule has 0 saturated carbocycles. The molecule has 1 aliphatic rings. The number of carbonyl (C=O) groups is 1. The van der Waals surface area contributed by atoms with E-state index in [0.717, 1.165) is 0 Å². The number of carboxylic acids is 1. The summed E-state index contributed by atoms with van der Waals surface area (Å²) in [7, 11) is 0. The monoisotopic (exact) mass is 387 g/mol. The molecule has 0 aliphatic carbocycles. The smallest absolute Gasteiger partial charge is 0.0861 e. The van der Waals surface area contributed by atoms with Gasteiger partial charge in [-0.1, -0.05) is 0 Å². The summed E-state index contributed by atoms with van der Waals surface area (Å²) in [5.41, 5.74) is 0. The summed E-state index contributed by atoms with van der Waals surface area (Å²) >= 11 is 0. The van der Waals surface area contributed by atoms with Crippen molar-refractivity contribution in [2.24, 2.45) is 0 Å². The predicted octanol–water partition coefficient (Wildman–Crippen LogP) is 2.39. The van der Waals surface area contributed by atoms with E-state index in [1.165, 1.54) is 61.3 Å². The molecule has 0 amide bonds. The average Bonchev–Trinajstić information content (AvgIpc) is 3.52. The third-order valence-corrected chi connectivity index (χ3v) is 6.16. The summed E-state index contributed by atoms with van der Waals surface area (Å²) in [5.74, 6) is -1.03. The van der Waals surface area contributed by atoms with Crippen LogP contribution in [0.1, 0.15) is 61.8 Å². The van der Waals surface area contributed by atoms with E-state index < -0.39 is 5.97 Å². The lowest BCUT2D eigenvalue weighted by atomic mass is 10.3. The molecule has 0 bridgehead atoms. The van der Waals surface area contributed by atoms with Crippen molar-refractivity contribution in [1.82, 2.24) is 0 Å². The van der Waals surface area contributed by atoms with E-state index in [-0.39, 0.29) is 12.5 Å². The van der Waals surface area contributed by atoms with Gasteiger partial charge in [-0.3, -0.25) is 0 Å². The van der Waals surface area contributed by atoms with Gasteiger partial charge in [-0.15, -0.1) is 0 Å². The zero-order valence-electron chi connectivity index (χ0n) is 19.2. The number of rotatable bonds is 10. The Labute approximate surface area is 168 Å². The van der Waals surface area contributed by atoms with Crippen LogP contribution in [-0.2, 0) is 9.53 Å². The van der Waals surface area contributed by atoms with E-state index >= 15 is 0 Å². The molecular formula is C21H45N3O3. The molecule has 1 heterocycles. The second-order valence-corrected chi connectivity index (χ2v) is 6.74. The largest absolute Gasteiger partial charge is 0.550 e. The Hall–Kier alpha value is -1.16. The van der Waals surface area contributed by atoms with Gasteiger partial charge >= 0.3 is 0 Å². The molecule has 1 rings (SSSR count). The lowest BCUT2D eigenvalue weighted by molar-refractivity contribution is -0.921. The van der Waals surface area contributed by atoms with E-state index in [1.54, 1.807) is 0 Å². The molecule has 0 N–H and O–H groups in total. The summed E-state index contributed by atoms with van der Waals surface area (Å²) in [6.45, 7) is 33.8. The Morgan fingerprint density at radius 1 is 0.815 bits per heavy atom. The molecule has 6 heteroatoms. The number of aliphatic carboxylic acids is 1. The standard InChI is InChI=1S/2C8H20N.C4H6O3.CN/c2*1-5-9(6-2,7-3)8-4;5-4(6)1-3-2-7-3;1-2/h2*5-8H2,1-4H3;3H,1-2H2,(H,5,6);/q2*+1;;-1/p-1/t;;3-;/m..0./s1. The van der Waals surface area contributed by atoms with E-state index in [4.69, 9.17) is 11.8 Å². The van der Waals surface area contributed by atoms with Gasteiger partial charge in [-0.2, -0.15) is 0 Å². The van der Waals surface area contributed by atoms with Gasteiger partial charge in [0.1, 0.15) is 0 Å². The molecule has 1 aliphatic heterocycles. The van der Waals surface area contributed by atoms with Gasteiger partial charge in [0.05, 0.1) is 65.1 Å². The first-order valence-corrected chi connectivity index (χ1v) is 10.5. The topological polar surface area (TPSA) is 76.4 Å². The highest BCUT2D eigenvalue weighted by Crippen LogP contribution is 2.11. The van der Waals surface area contributed by atoms with Crippen molar-refractivity contribution < 1.29 is 23.6 Å². The van der Waals surface area contributed by atoms with Crippen LogP contribution in [0.15, 0.2) is 0 Å². The SMILES string of the molecule is CC[N+](CC)(CC)CC.CC[N+](CC)(CC)CC.O=C([O-])C[C@H]1CO1.[C-]#N. The number of quaternary nitrogens is 2. The highest BCUT2D eigenvalue weighted by molar-refractivity contribution is 5.65. The third-order valence-electron chi connectivity index (χ3n) is 6.16. The van der Waals surface area contributed by atoms with Gasteiger partial charge in [-0.25, -0.2) is 0 Å². The van der Waals surface area contributed by atoms with Crippen molar-refractivity contribution in [3.8, 4) is 0 Å². The molecule has 0 aromatic carbocycles. The fourth-order valence-corrected chi connectivity index (χ4v) is 3.06. The van der Waals surface area contributed by atoms with Gasteiger partial charge in [0.15, 0.2) is 0 Å². The minimum absolute atomic E-state index is 0.0370. The van der Waals surface area contributed by atoms with Crippen LogP contribution >= 0.6 is 0 Å². The Morgan fingerprint density at radius 2 is 1.04 bits per heavy atom. The number of nitrogens with zero attached hydrogens (tertiary/aromatic N) is 3. The van der Waals surface area contributed by atoms with Gasteiger partial charge < -0.3 is 35.4 Å². The van der Waals surface area contributed by atoms with Crippen LogP contribution < -0.4 is 5.11 Å². The molecule has 27 heavy (non-hydrogen) atoms. The molecule has 0 aromatic heterocycles. The number of epoxide rings is 1. The summed E-state index contributed by atoms with van der Waals surface area (Å²) in [6.07, 6.45) is 0.0185. The molecule has 6 nitrogen and oxygen atoms in total. The lowest BCUT2D eigenvalue weighted by Crippen LogP contribution is -2.47. The maximum absolute atomic E-state index is 9.66. The average molecular weight is 388 g/mol. The van der Waals surface area contributed by atoms with E-state index in [9.17, 15) is 9.90 Å². The van der Waals surface area contributed by atoms with E-state index in [0.29, 0.717) is 6.61 Å². The quantitative estimate of drug-likeness (QED) is 0.328. The Kier molecular flexibility index (Phi) is 20.6. The summed E-state index contributed by atoms with van der Waals surface area (Å²) in [4.78, 5) is 9.66. The van der Waals surface area contributed by atoms with Crippen molar-refractivity contribution in [2.45, 2.75) is 67.9 Å². The van der Waals surface area contributed by atoms with Gasteiger partial charge in [0, 0.05) is 12.4 Å². The zero-order valence-corrected chi connectivity index (χ0v) is 19.2. The van der Waals surface area contributed by atoms with Crippen molar-refractivity contribution in [1.29, 1.82) is 5.26 Å². The summed E-state index contributed by atoms with van der Waals surface area (Å²) in [5, 5.41) is 15.9. The molecule has 1 saturated heterocycles. The second-order valence-electron chi connectivity index (χ2n) is 6.74. The fourth-order valence-electron chi connectivity index (χ4n) is 3.06. The summed E-state index contributed by atoms with van der Waals surface area (Å²) in [6, 6.07) is 0. The fraction of sp³-hybridized carbons (Fsp3) is 0.905. The first-order chi connectivity index (χ1) is 12.8. The van der Waals surface area contributed by atoms with Crippen molar-refractivity contribution in [3.05, 3.63) is 6.57 Å². The predicted molar refractivity (Wildman–Crippen MR) is 109 cm³/mol. The Morgan fingerprint density at radius 3 is 1.07 bits per heavy atom. The van der Waals surface area contributed by atoms with Crippen LogP contribution in [-0.4, -0.2) is 80.0 Å². The summed E-state index contributed by atoms with van der Waals surface area (Å²) < 4.78 is 7.15. The Balaban J connectivity index is -0.000000307. The molecule has 0 unspecified atom stereocenters. The zero-order chi connectivity index (χ0) is 21.9. The lowest BCUT2D eigenvalue weighted by Gasteiger charge is -2.34. The molecule has 0 aromatic rings. The molecule has 0 radical (unpaired) electrons. The van der Waals surface area contributed by atoms with Crippen molar-refractivity contribution in [3.63, 3.8) is 0 Å². The van der Waals surface area contributed by atoms with Crippen LogP contribution in [0.3, 0.4) is 0 Å². The first-order valence-electron chi connectivity index (χ1n) is 10.5. The number of carbonyl (C=O) groups excluding carboxylic acids is 1. The molecule has 1 fully saturated rings. The maximum atomic E-state index is 9.66. The van der Waals surface area contributed by atoms with Crippen LogP contribution in [0.4, 0.5) is 0 Å². The van der Waals surface area contributed by atoms with E-state index in [2.05, 4.69) is 60.1 Å². The third kappa shape index (κ3) is 14.6. The van der Waals surface area contributed by atoms with E-state index in [1.807, 2.05) is 0 Å².